The molecule has 1 rings (SSSR count). The molecule has 1 aromatic carbocycles. The highest BCUT2D eigenvalue weighted by Gasteiger charge is 2.23. The molecule has 0 heterocycles. The molecule has 16 heavy (non-hydrogen) atoms. The SMILES string of the molecule is C=C[SiH](O[SiH2][Si](C)(C)O[SiH3])c1ccccc1. The first-order valence-electron chi connectivity index (χ1n) is 5.43. The Hall–Kier alpha value is -0.252. The van der Waals surface area contributed by atoms with Gasteiger partial charge in [0.05, 0.1) is 0 Å². The molecule has 88 valence electrons. The van der Waals surface area contributed by atoms with Crippen molar-refractivity contribution in [3.8, 4) is 0 Å². The molecule has 0 saturated heterocycles. The minimum Gasteiger partial charge on any atom is -0.464 e. The van der Waals surface area contributed by atoms with Crippen molar-refractivity contribution >= 4 is 41.8 Å². The first-order valence-corrected chi connectivity index (χ1v) is 13.8. The van der Waals surface area contributed by atoms with Crippen LogP contribution in [0.5, 0.6) is 0 Å². The Bertz CT molecular complexity index is 329. The van der Waals surface area contributed by atoms with Gasteiger partial charge in [-0.15, -0.1) is 6.58 Å². The molecule has 0 saturated carbocycles. The molecule has 0 radical (unpaired) electrons. The second kappa shape index (κ2) is 6.47. The number of hydrogen-bond donors (Lipinski definition) is 0. The van der Waals surface area contributed by atoms with Gasteiger partial charge in [-0.05, 0) is 18.3 Å². The highest BCUT2D eigenvalue weighted by atomic mass is 29.2. The number of hydrogen-bond acceptors (Lipinski definition) is 2. The molecule has 0 N–H and O–H groups in total. The summed E-state index contributed by atoms with van der Waals surface area (Å²) >= 11 is 0. The summed E-state index contributed by atoms with van der Waals surface area (Å²) in [5.41, 5.74) is 2.01. The fourth-order valence-electron chi connectivity index (χ4n) is 1.29. The molecular weight excluding hydrogens is 264 g/mol. The van der Waals surface area contributed by atoms with Crippen LogP contribution in [0.2, 0.25) is 13.1 Å². The van der Waals surface area contributed by atoms with Gasteiger partial charge >= 0.3 is 0 Å². The van der Waals surface area contributed by atoms with Crippen LogP contribution >= 0.6 is 0 Å². The highest BCUT2D eigenvalue weighted by molar-refractivity contribution is 7.20. The van der Waals surface area contributed by atoms with Gasteiger partial charge in [-0.25, -0.2) is 0 Å². The van der Waals surface area contributed by atoms with E-state index in [4.69, 9.17) is 8.23 Å². The fraction of sp³-hybridized carbons (Fsp3) is 0.200. The summed E-state index contributed by atoms with van der Waals surface area (Å²) in [7, 11) is -2.50. The normalized spacial score (nSPS) is 14.4. The van der Waals surface area contributed by atoms with E-state index in [0.717, 1.165) is 10.5 Å². The van der Waals surface area contributed by atoms with E-state index in [-0.39, 0.29) is 0 Å². The van der Waals surface area contributed by atoms with E-state index in [9.17, 15) is 0 Å². The Morgan fingerprint density at radius 1 is 1.38 bits per heavy atom. The van der Waals surface area contributed by atoms with Gasteiger partial charge < -0.3 is 8.23 Å². The monoisotopic (exact) mass is 284 g/mol. The minimum absolute atomic E-state index is 0.521. The van der Waals surface area contributed by atoms with Crippen LogP contribution in [0.25, 0.3) is 0 Å². The van der Waals surface area contributed by atoms with E-state index in [2.05, 4.69) is 43.9 Å². The number of rotatable bonds is 6. The fourth-order valence-corrected chi connectivity index (χ4v) is 12.6. The van der Waals surface area contributed by atoms with E-state index in [0.29, 0.717) is 0 Å². The van der Waals surface area contributed by atoms with Gasteiger partial charge in [-0.2, -0.15) is 0 Å². The van der Waals surface area contributed by atoms with Gasteiger partial charge in [-0.3, -0.25) is 0 Å². The van der Waals surface area contributed by atoms with E-state index in [1.807, 2.05) is 11.8 Å². The lowest BCUT2D eigenvalue weighted by molar-refractivity contribution is 0.600. The van der Waals surface area contributed by atoms with Crippen LogP contribution in [0.1, 0.15) is 0 Å². The molecule has 1 aromatic rings. The second-order valence-electron chi connectivity index (χ2n) is 4.34. The third-order valence-corrected chi connectivity index (χ3v) is 17.4. The van der Waals surface area contributed by atoms with Gasteiger partial charge in [-0.1, -0.05) is 36.0 Å². The van der Waals surface area contributed by atoms with Crippen LogP contribution < -0.4 is 5.19 Å². The topological polar surface area (TPSA) is 18.5 Å². The predicted octanol–water partition coefficient (Wildman–Crippen LogP) is -0.558. The quantitative estimate of drug-likeness (QED) is 0.652. The molecule has 0 amide bonds. The molecule has 0 aromatic heterocycles. The maximum absolute atomic E-state index is 6.15. The molecular formula is C10H20O2Si4. The zero-order valence-electron chi connectivity index (χ0n) is 10.3. The Morgan fingerprint density at radius 3 is 2.50 bits per heavy atom. The van der Waals surface area contributed by atoms with Crippen LogP contribution in [-0.4, -0.2) is 36.6 Å². The lowest BCUT2D eigenvalue weighted by atomic mass is 10.4. The Labute approximate surface area is 106 Å². The second-order valence-corrected chi connectivity index (χ2v) is 19.1. The van der Waals surface area contributed by atoms with Crippen molar-refractivity contribution in [2.24, 2.45) is 0 Å². The maximum Gasteiger partial charge on any atom is 0.220 e. The van der Waals surface area contributed by atoms with Crippen LogP contribution in [-0.2, 0) is 8.23 Å². The average Bonchev–Trinajstić information content (AvgIpc) is 2.31. The van der Waals surface area contributed by atoms with E-state index in [1.165, 1.54) is 5.19 Å². The van der Waals surface area contributed by atoms with Crippen molar-refractivity contribution in [3.05, 3.63) is 42.6 Å². The van der Waals surface area contributed by atoms with Crippen molar-refractivity contribution in [1.29, 1.82) is 0 Å². The predicted molar refractivity (Wildman–Crippen MR) is 81.6 cm³/mol. The van der Waals surface area contributed by atoms with E-state index in [1.54, 1.807) is 0 Å². The van der Waals surface area contributed by atoms with E-state index < -0.39 is 26.2 Å². The van der Waals surface area contributed by atoms with Gasteiger partial charge in [0.15, 0.2) is 17.1 Å². The highest BCUT2D eigenvalue weighted by Crippen LogP contribution is 2.01. The first kappa shape index (κ1) is 13.8. The lowest BCUT2D eigenvalue weighted by Gasteiger charge is -2.23. The zero-order valence-corrected chi connectivity index (χ0v) is 15.8. The van der Waals surface area contributed by atoms with Crippen molar-refractivity contribution in [1.82, 2.24) is 0 Å². The smallest absolute Gasteiger partial charge is 0.220 e. The van der Waals surface area contributed by atoms with E-state index >= 15 is 0 Å². The van der Waals surface area contributed by atoms with Crippen LogP contribution in [0.15, 0.2) is 42.6 Å². The van der Waals surface area contributed by atoms with Gasteiger partial charge in [0.25, 0.3) is 0 Å². The largest absolute Gasteiger partial charge is 0.464 e. The lowest BCUT2D eigenvalue weighted by Crippen LogP contribution is -2.45. The molecule has 1 atom stereocenters. The molecule has 2 nitrogen and oxygen atoms in total. The van der Waals surface area contributed by atoms with Crippen LogP contribution in [0, 0.1) is 0 Å². The molecule has 0 fully saturated rings. The maximum atomic E-state index is 6.15. The van der Waals surface area contributed by atoms with Crippen LogP contribution in [0.4, 0.5) is 0 Å². The number of benzene rings is 1. The summed E-state index contributed by atoms with van der Waals surface area (Å²) in [5.74, 6) is 0. The molecule has 0 aliphatic rings. The minimum atomic E-state index is -1.42. The third kappa shape index (κ3) is 4.32. The Morgan fingerprint density at radius 2 is 2.00 bits per heavy atom. The van der Waals surface area contributed by atoms with Gasteiger partial charge in [0.1, 0.15) is 10.5 Å². The summed E-state index contributed by atoms with van der Waals surface area (Å²) in [4.78, 5) is 0. The third-order valence-electron chi connectivity index (χ3n) is 2.51. The first-order chi connectivity index (χ1) is 7.59. The van der Waals surface area contributed by atoms with Crippen molar-refractivity contribution in [3.63, 3.8) is 0 Å². The molecule has 0 aliphatic heterocycles. The summed E-state index contributed by atoms with van der Waals surface area (Å²) in [5, 5.41) is 1.32. The molecule has 0 bridgehead atoms. The average molecular weight is 285 g/mol. The standard InChI is InChI=1S/C10H20O2Si4/c1-4-15(10-8-6-5-7-9-10)12-14-16(2,3)11-13/h4-9,15H,1,14H2,2-3,13H3. The molecule has 0 aliphatic carbocycles. The Balaban J connectivity index is 2.61. The molecule has 1 unspecified atom stereocenters. The zero-order chi connectivity index (χ0) is 12.0. The summed E-state index contributed by atoms with van der Waals surface area (Å²) in [6.45, 7) is 8.42. The van der Waals surface area contributed by atoms with Crippen molar-refractivity contribution in [2.45, 2.75) is 13.1 Å². The molecule has 0 spiro atoms. The summed E-state index contributed by atoms with van der Waals surface area (Å²) in [6.07, 6.45) is 0. The van der Waals surface area contributed by atoms with Crippen LogP contribution in [0.3, 0.4) is 0 Å². The summed E-state index contributed by atoms with van der Waals surface area (Å²) in [6, 6.07) is 10.5. The van der Waals surface area contributed by atoms with Crippen molar-refractivity contribution < 1.29 is 8.23 Å². The summed E-state index contributed by atoms with van der Waals surface area (Å²) < 4.78 is 11.8. The Kier molecular flexibility index (Phi) is 5.59. The van der Waals surface area contributed by atoms with Gasteiger partial charge in [0.2, 0.25) is 9.04 Å². The van der Waals surface area contributed by atoms with Crippen molar-refractivity contribution in [2.75, 3.05) is 0 Å². The van der Waals surface area contributed by atoms with Gasteiger partial charge in [0, 0.05) is 0 Å². The molecule has 6 heteroatoms.